The Labute approximate surface area is 108 Å². The standard InChI is InChI=1S/C14H20N2O2/c1-10(2)18-14(17)16-9-12-6-3-5-11-7-4-8-15-13(11)12/h3,5-6,10,15H,4,7-9H2,1-2H3,(H,16,17). The maximum atomic E-state index is 11.4. The predicted octanol–water partition coefficient (Wildman–Crippen LogP) is 2.68. The van der Waals surface area contributed by atoms with Crippen molar-refractivity contribution in [2.45, 2.75) is 39.3 Å². The minimum Gasteiger partial charge on any atom is -0.447 e. The van der Waals surface area contributed by atoms with E-state index in [9.17, 15) is 4.79 Å². The van der Waals surface area contributed by atoms with E-state index < -0.39 is 0 Å². The van der Waals surface area contributed by atoms with Crippen LogP contribution in [-0.4, -0.2) is 18.7 Å². The first-order valence-corrected chi connectivity index (χ1v) is 6.46. The zero-order valence-corrected chi connectivity index (χ0v) is 11.0. The Morgan fingerprint density at radius 2 is 2.33 bits per heavy atom. The normalized spacial score (nSPS) is 13.7. The van der Waals surface area contributed by atoms with E-state index in [4.69, 9.17) is 4.74 Å². The number of aryl methyl sites for hydroxylation is 1. The van der Waals surface area contributed by atoms with Crippen LogP contribution in [0.2, 0.25) is 0 Å². The molecule has 18 heavy (non-hydrogen) atoms. The Morgan fingerprint density at radius 3 is 3.11 bits per heavy atom. The number of benzene rings is 1. The van der Waals surface area contributed by atoms with E-state index in [1.54, 1.807) is 0 Å². The highest BCUT2D eigenvalue weighted by Gasteiger charge is 2.13. The van der Waals surface area contributed by atoms with Gasteiger partial charge in [0.25, 0.3) is 0 Å². The number of hydrogen-bond acceptors (Lipinski definition) is 3. The Kier molecular flexibility index (Phi) is 4.07. The lowest BCUT2D eigenvalue weighted by molar-refractivity contribution is 0.115. The van der Waals surface area contributed by atoms with Gasteiger partial charge in [-0.1, -0.05) is 18.2 Å². The van der Waals surface area contributed by atoms with Crippen LogP contribution in [0.1, 0.15) is 31.4 Å². The van der Waals surface area contributed by atoms with Crippen LogP contribution in [-0.2, 0) is 17.7 Å². The van der Waals surface area contributed by atoms with Crippen molar-refractivity contribution in [3.05, 3.63) is 29.3 Å². The van der Waals surface area contributed by atoms with Crippen molar-refractivity contribution >= 4 is 11.8 Å². The Balaban J connectivity index is 1.99. The third-order valence-corrected chi connectivity index (χ3v) is 2.93. The average molecular weight is 248 g/mol. The van der Waals surface area contributed by atoms with Crippen LogP contribution in [0.4, 0.5) is 10.5 Å². The van der Waals surface area contributed by atoms with Gasteiger partial charge in [-0.2, -0.15) is 0 Å². The molecule has 1 heterocycles. The first-order valence-electron chi connectivity index (χ1n) is 6.46. The highest BCUT2D eigenvalue weighted by atomic mass is 16.6. The maximum Gasteiger partial charge on any atom is 0.407 e. The summed E-state index contributed by atoms with van der Waals surface area (Å²) in [7, 11) is 0. The van der Waals surface area contributed by atoms with E-state index in [0.29, 0.717) is 6.54 Å². The third-order valence-electron chi connectivity index (χ3n) is 2.93. The second-order valence-corrected chi connectivity index (χ2v) is 4.79. The molecule has 1 aliphatic rings. The van der Waals surface area contributed by atoms with Gasteiger partial charge in [-0.15, -0.1) is 0 Å². The monoisotopic (exact) mass is 248 g/mol. The molecule has 0 saturated carbocycles. The van der Waals surface area contributed by atoms with Crippen molar-refractivity contribution in [1.29, 1.82) is 0 Å². The smallest absolute Gasteiger partial charge is 0.407 e. The third kappa shape index (κ3) is 3.15. The Bertz CT molecular complexity index is 430. The fourth-order valence-electron chi connectivity index (χ4n) is 2.15. The zero-order valence-electron chi connectivity index (χ0n) is 11.0. The van der Waals surface area contributed by atoms with Crippen LogP contribution >= 0.6 is 0 Å². The van der Waals surface area contributed by atoms with Crippen molar-refractivity contribution in [3.8, 4) is 0 Å². The quantitative estimate of drug-likeness (QED) is 0.864. The predicted molar refractivity (Wildman–Crippen MR) is 71.7 cm³/mol. The van der Waals surface area contributed by atoms with E-state index in [2.05, 4.69) is 16.7 Å². The number of ether oxygens (including phenoxy) is 1. The van der Waals surface area contributed by atoms with Crippen LogP contribution < -0.4 is 10.6 Å². The Morgan fingerprint density at radius 1 is 1.50 bits per heavy atom. The van der Waals surface area contributed by atoms with Gasteiger partial charge in [0.1, 0.15) is 0 Å². The molecule has 4 heteroatoms. The molecule has 1 amide bonds. The SMILES string of the molecule is CC(C)OC(=O)NCc1cccc2c1NCCC2. The molecule has 0 radical (unpaired) electrons. The summed E-state index contributed by atoms with van der Waals surface area (Å²) in [6.07, 6.45) is 1.82. The highest BCUT2D eigenvalue weighted by Crippen LogP contribution is 2.25. The number of amides is 1. The lowest BCUT2D eigenvalue weighted by Gasteiger charge is -2.21. The van der Waals surface area contributed by atoms with Gasteiger partial charge in [0, 0.05) is 18.8 Å². The summed E-state index contributed by atoms with van der Waals surface area (Å²) in [4.78, 5) is 11.4. The van der Waals surface area contributed by atoms with Gasteiger partial charge in [0.15, 0.2) is 0 Å². The summed E-state index contributed by atoms with van der Waals surface area (Å²) >= 11 is 0. The number of carbonyl (C=O) groups is 1. The topological polar surface area (TPSA) is 50.4 Å². The van der Waals surface area contributed by atoms with Crippen molar-refractivity contribution in [3.63, 3.8) is 0 Å². The molecule has 1 aromatic rings. The molecule has 0 spiro atoms. The number of alkyl carbamates (subject to hydrolysis) is 1. The molecule has 0 unspecified atom stereocenters. The minimum absolute atomic E-state index is 0.0900. The largest absolute Gasteiger partial charge is 0.447 e. The number of nitrogens with one attached hydrogen (secondary N) is 2. The fraction of sp³-hybridized carbons (Fsp3) is 0.500. The molecule has 1 aliphatic heterocycles. The average Bonchev–Trinajstić information content (AvgIpc) is 2.35. The van der Waals surface area contributed by atoms with Crippen molar-refractivity contribution in [2.75, 3.05) is 11.9 Å². The molecule has 98 valence electrons. The van der Waals surface area contributed by atoms with Crippen LogP contribution in [0.15, 0.2) is 18.2 Å². The van der Waals surface area contributed by atoms with E-state index in [1.165, 1.54) is 17.7 Å². The molecule has 2 N–H and O–H groups in total. The van der Waals surface area contributed by atoms with Crippen LogP contribution in [0, 0.1) is 0 Å². The van der Waals surface area contributed by atoms with E-state index in [-0.39, 0.29) is 12.2 Å². The lowest BCUT2D eigenvalue weighted by atomic mass is 9.99. The fourth-order valence-corrected chi connectivity index (χ4v) is 2.15. The zero-order chi connectivity index (χ0) is 13.0. The summed E-state index contributed by atoms with van der Waals surface area (Å²) in [5, 5.41) is 6.18. The first kappa shape index (κ1) is 12.7. The summed E-state index contributed by atoms with van der Waals surface area (Å²) in [5.41, 5.74) is 3.62. The molecule has 0 aromatic heterocycles. The number of rotatable bonds is 3. The summed E-state index contributed by atoms with van der Waals surface area (Å²) in [6, 6.07) is 6.21. The molecule has 0 bridgehead atoms. The van der Waals surface area contributed by atoms with Gasteiger partial charge in [0.2, 0.25) is 0 Å². The minimum atomic E-state index is -0.363. The molecule has 4 nitrogen and oxygen atoms in total. The molecular formula is C14H20N2O2. The number of carbonyl (C=O) groups excluding carboxylic acids is 1. The van der Waals surface area contributed by atoms with Crippen molar-refractivity contribution < 1.29 is 9.53 Å². The highest BCUT2D eigenvalue weighted by molar-refractivity contribution is 5.68. The molecule has 1 aromatic carbocycles. The molecule has 0 fully saturated rings. The van der Waals surface area contributed by atoms with E-state index >= 15 is 0 Å². The molecule has 0 atom stereocenters. The van der Waals surface area contributed by atoms with Crippen molar-refractivity contribution in [2.24, 2.45) is 0 Å². The van der Waals surface area contributed by atoms with Gasteiger partial charge in [-0.3, -0.25) is 0 Å². The van der Waals surface area contributed by atoms with Gasteiger partial charge in [0.05, 0.1) is 6.10 Å². The summed E-state index contributed by atoms with van der Waals surface area (Å²) in [6.45, 7) is 5.18. The molecular weight excluding hydrogens is 228 g/mol. The number of para-hydroxylation sites is 1. The first-order chi connectivity index (χ1) is 8.66. The van der Waals surface area contributed by atoms with E-state index in [0.717, 1.165) is 18.5 Å². The molecule has 0 saturated heterocycles. The van der Waals surface area contributed by atoms with Gasteiger partial charge in [-0.25, -0.2) is 4.79 Å². The van der Waals surface area contributed by atoms with Crippen molar-refractivity contribution in [1.82, 2.24) is 5.32 Å². The van der Waals surface area contributed by atoms with Gasteiger partial charge in [-0.05, 0) is 37.8 Å². The van der Waals surface area contributed by atoms with E-state index in [1.807, 2.05) is 26.0 Å². The van der Waals surface area contributed by atoms with Gasteiger partial charge >= 0.3 is 6.09 Å². The molecule has 0 aliphatic carbocycles. The number of hydrogen-bond donors (Lipinski definition) is 2. The summed E-state index contributed by atoms with van der Waals surface area (Å²) in [5.74, 6) is 0. The van der Waals surface area contributed by atoms with Crippen LogP contribution in [0.5, 0.6) is 0 Å². The second kappa shape index (κ2) is 5.76. The molecule has 2 rings (SSSR count). The lowest BCUT2D eigenvalue weighted by Crippen LogP contribution is -2.27. The van der Waals surface area contributed by atoms with Crippen LogP contribution in [0.3, 0.4) is 0 Å². The number of anilines is 1. The maximum absolute atomic E-state index is 11.4. The second-order valence-electron chi connectivity index (χ2n) is 4.79. The van der Waals surface area contributed by atoms with Gasteiger partial charge < -0.3 is 15.4 Å². The van der Waals surface area contributed by atoms with Crippen LogP contribution in [0.25, 0.3) is 0 Å². The summed E-state index contributed by atoms with van der Waals surface area (Å²) < 4.78 is 5.05. The number of fused-ring (bicyclic) bond motifs is 1. The Hall–Kier alpha value is -1.71.